The van der Waals surface area contributed by atoms with Crippen LogP contribution in [0.4, 0.5) is 0 Å². The average Bonchev–Trinajstić information content (AvgIpc) is 3.31. The first-order valence-corrected chi connectivity index (χ1v) is 14.3. The number of hydrogen-bond acceptors (Lipinski definition) is 4. The minimum Gasteiger partial charge on any atom is -0.277 e. The molecule has 3 aromatic carbocycles. The third-order valence-electron chi connectivity index (χ3n) is 10.5. The molecule has 2 heterocycles. The first-order chi connectivity index (χ1) is 19.2. The molecule has 200 valence electrons. The van der Waals surface area contributed by atoms with Crippen molar-refractivity contribution in [1.29, 1.82) is 0 Å². The van der Waals surface area contributed by atoms with Crippen LogP contribution >= 0.6 is 0 Å². The van der Waals surface area contributed by atoms with Gasteiger partial charge in [-0.05, 0) is 103 Å². The topological polar surface area (TPSA) is 78.1 Å². The monoisotopic (exact) mass is 530 g/mol. The quantitative estimate of drug-likeness (QED) is 0.313. The number of benzene rings is 3. The summed E-state index contributed by atoms with van der Waals surface area (Å²) in [5.74, 6) is 1.78. The lowest BCUT2D eigenvalue weighted by Gasteiger charge is -2.53. The third-order valence-corrected chi connectivity index (χ3v) is 10.5. The molecular weight excluding hydrogens is 500 g/mol. The number of nitrogens with zero attached hydrogens (tertiary/aromatic N) is 2. The zero-order valence-corrected chi connectivity index (χ0v) is 23.1. The molecular formula is C34H30N2O4. The molecule has 4 atom stereocenters. The van der Waals surface area contributed by atoms with Crippen LogP contribution in [0.2, 0.25) is 0 Å². The largest absolute Gasteiger partial charge is 0.277 e. The Morgan fingerprint density at radius 3 is 1.43 bits per heavy atom. The van der Waals surface area contributed by atoms with Crippen molar-refractivity contribution >= 4 is 21.5 Å². The SMILES string of the molecule is Cc1cc2c(cc1C)C1c3cc(-n4c(=O)c5cc6c(=O)n(C)c(=O)c6cc5c4=O)c(C)cc3C2C2CCCCC12. The van der Waals surface area contributed by atoms with Gasteiger partial charge >= 0.3 is 0 Å². The summed E-state index contributed by atoms with van der Waals surface area (Å²) in [5, 5.41) is 0.726. The summed E-state index contributed by atoms with van der Waals surface area (Å²) in [6.45, 7) is 6.35. The van der Waals surface area contributed by atoms with Gasteiger partial charge < -0.3 is 0 Å². The highest BCUT2D eigenvalue weighted by molar-refractivity contribution is 5.98. The maximum absolute atomic E-state index is 13.8. The van der Waals surface area contributed by atoms with Crippen molar-refractivity contribution in [3.63, 3.8) is 0 Å². The molecule has 4 unspecified atom stereocenters. The Bertz CT molecular complexity index is 2090. The van der Waals surface area contributed by atoms with E-state index in [2.05, 4.69) is 38.1 Å². The second-order valence-corrected chi connectivity index (χ2v) is 12.5. The lowest BCUT2D eigenvalue weighted by atomic mass is 9.50. The highest BCUT2D eigenvalue weighted by Crippen LogP contribution is 2.62. The molecule has 0 saturated heterocycles. The van der Waals surface area contributed by atoms with E-state index in [0.717, 1.165) is 10.1 Å². The summed E-state index contributed by atoms with van der Waals surface area (Å²) in [7, 11) is 1.41. The van der Waals surface area contributed by atoms with Gasteiger partial charge in [0.2, 0.25) is 0 Å². The first kappa shape index (κ1) is 23.8. The standard InChI is InChI=1S/C34H30N2O4/c1-15-9-20-21(10-16(15)2)30-19-8-6-5-7-18(19)29(20)22-11-17(3)28(14-23(22)30)36-33(39)26-12-24-25(13-27(26)34(36)40)32(38)35(4)31(24)37/h9-14,18-19,29-30H,5-8H2,1-4H3. The lowest BCUT2D eigenvalue weighted by Crippen LogP contribution is -2.42. The van der Waals surface area contributed by atoms with Crippen LogP contribution in [0.1, 0.15) is 76.5 Å². The summed E-state index contributed by atoms with van der Waals surface area (Å²) in [5.41, 5.74) is 7.81. The molecule has 0 aliphatic heterocycles. The smallest absolute Gasteiger partial charge is 0.266 e. The Morgan fingerprint density at radius 1 is 0.550 bits per heavy atom. The van der Waals surface area contributed by atoms with Gasteiger partial charge in [-0.1, -0.05) is 31.0 Å². The van der Waals surface area contributed by atoms with E-state index in [1.54, 1.807) is 0 Å². The zero-order valence-electron chi connectivity index (χ0n) is 23.1. The van der Waals surface area contributed by atoms with Crippen molar-refractivity contribution < 1.29 is 0 Å². The van der Waals surface area contributed by atoms with Crippen LogP contribution in [0.3, 0.4) is 0 Å². The van der Waals surface area contributed by atoms with Crippen LogP contribution in [0, 0.1) is 32.6 Å². The van der Waals surface area contributed by atoms with Crippen molar-refractivity contribution in [2.45, 2.75) is 58.3 Å². The van der Waals surface area contributed by atoms with Gasteiger partial charge in [0, 0.05) is 18.9 Å². The molecule has 6 heteroatoms. The van der Waals surface area contributed by atoms with E-state index in [0.29, 0.717) is 23.4 Å². The Labute approximate surface area is 230 Å². The molecule has 0 spiro atoms. The Morgan fingerprint density at radius 2 is 0.950 bits per heavy atom. The summed E-state index contributed by atoms with van der Waals surface area (Å²) in [4.78, 5) is 52.7. The van der Waals surface area contributed by atoms with E-state index in [1.807, 2.05) is 6.92 Å². The number of fused-ring (bicyclic) bond motifs is 2. The van der Waals surface area contributed by atoms with Gasteiger partial charge in [0.25, 0.3) is 22.2 Å². The van der Waals surface area contributed by atoms with Gasteiger partial charge in [-0.2, -0.15) is 0 Å². The van der Waals surface area contributed by atoms with Crippen molar-refractivity contribution in [2.75, 3.05) is 0 Å². The molecule has 4 aliphatic rings. The third kappa shape index (κ3) is 2.79. The molecule has 5 aromatic rings. The first-order valence-electron chi connectivity index (χ1n) is 14.3. The number of aromatic nitrogens is 2. The number of hydrogen-bond donors (Lipinski definition) is 0. The normalized spacial score (nSPS) is 23.0. The minimum atomic E-state index is -0.450. The Hall–Kier alpha value is -4.06. The van der Waals surface area contributed by atoms with E-state index in [9.17, 15) is 19.2 Å². The summed E-state index contributed by atoms with van der Waals surface area (Å²) in [6, 6.07) is 12.0. The summed E-state index contributed by atoms with van der Waals surface area (Å²) < 4.78 is 2.28. The zero-order chi connectivity index (χ0) is 27.8. The van der Waals surface area contributed by atoms with Crippen LogP contribution in [-0.2, 0) is 7.05 Å². The van der Waals surface area contributed by atoms with Gasteiger partial charge in [-0.15, -0.1) is 0 Å². The van der Waals surface area contributed by atoms with Crippen molar-refractivity contribution in [1.82, 2.24) is 9.13 Å². The van der Waals surface area contributed by atoms with E-state index >= 15 is 0 Å². The highest BCUT2D eigenvalue weighted by atomic mass is 16.2. The number of aryl methyl sites for hydroxylation is 3. The van der Waals surface area contributed by atoms with Crippen LogP contribution in [0.25, 0.3) is 27.2 Å². The molecule has 0 radical (unpaired) electrons. The molecule has 2 aromatic heterocycles. The molecule has 4 aliphatic carbocycles. The summed E-state index contributed by atoms with van der Waals surface area (Å²) in [6.07, 6.45) is 4.97. The van der Waals surface area contributed by atoms with Crippen molar-refractivity contribution in [3.8, 4) is 5.69 Å². The maximum Gasteiger partial charge on any atom is 0.266 e. The maximum atomic E-state index is 13.8. The van der Waals surface area contributed by atoms with E-state index in [1.165, 1.54) is 82.8 Å². The van der Waals surface area contributed by atoms with Crippen LogP contribution in [-0.4, -0.2) is 9.13 Å². The summed E-state index contributed by atoms with van der Waals surface area (Å²) >= 11 is 0. The van der Waals surface area contributed by atoms with Crippen LogP contribution in [0.5, 0.6) is 0 Å². The highest BCUT2D eigenvalue weighted by Gasteiger charge is 2.50. The molecule has 40 heavy (non-hydrogen) atoms. The molecule has 2 bridgehead atoms. The predicted octanol–water partition coefficient (Wildman–Crippen LogP) is 4.76. The van der Waals surface area contributed by atoms with Gasteiger partial charge in [0.05, 0.1) is 27.2 Å². The minimum absolute atomic E-state index is 0.180. The Kier molecular flexibility index (Phi) is 4.63. The van der Waals surface area contributed by atoms with Crippen molar-refractivity contribution in [2.24, 2.45) is 18.9 Å². The van der Waals surface area contributed by atoms with E-state index in [4.69, 9.17) is 0 Å². The van der Waals surface area contributed by atoms with Crippen LogP contribution < -0.4 is 22.2 Å². The molecule has 6 nitrogen and oxygen atoms in total. The van der Waals surface area contributed by atoms with E-state index < -0.39 is 22.2 Å². The molecule has 1 fully saturated rings. The van der Waals surface area contributed by atoms with Gasteiger partial charge in [-0.25, -0.2) is 4.57 Å². The lowest BCUT2D eigenvalue weighted by molar-refractivity contribution is 0.163. The number of rotatable bonds is 1. The second-order valence-electron chi connectivity index (χ2n) is 12.5. The Balaban J connectivity index is 1.39. The average molecular weight is 531 g/mol. The van der Waals surface area contributed by atoms with Gasteiger partial charge in [0.15, 0.2) is 0 Å². The predicted molar refractivity (Wildman–Crippen MR) is 157 cm³/mol. The fourth-order valence-corrected chi connectivity index (χ4v) is 8.50. The molecule has 0 amide bonds. The van der Waals surface area contributed by atoms with Gasteiger partial charge in [-0.3, -0.25) is 23.7 Å². The molecule has 0 N–H and O–H groups in total. The molecule has 1 saturated carbocycles. The van der Waals surface area contributed by atoms with E-state index in [-0.39, 0.29) is 27.5 Å². The van der Waals surface area contributed by atoms with Crippen molar-refractivity contribution in [3.05, 3.63) is 117 Å². The van der Waals surface area contributed by atoms with Gasteiger partial charge in [0.1, 0.15) is 0 Å². The molecule has 9 rings (SSSR count). The fourth-order valence-electron chi connectivity index (χ4n) is 8.50. The second kappa shape index (κ2) is 7.78. The fraction of sp³-hybridized carbons (Fsp3) is 0.353. The van der Waals surface area contributed by atoms with Crippen LogP contribution in [0.15, 0.2) is 55.6 Å².